The van der Waals surface area contributed by atoms with E-state index in [0.717, 1.165) is 12.1 Å². The predicted octanol–water partition coefficient (Wildman–Crippen LogP) is 5.87. The molecule has 1 aliphatic rings. The van der Waals surface area contributed by atoms with Crippen molar-refractivity contribution in [3.05, 3.63) is 53.2 Å². The average Bonchev–Trinajstić information content (AvgIpc) is 2.80. The van der Waals surface area contributed by atoms with Crippen molar-refractivity contribution in [2.75, 3.05) is 17.2 Å². The summed E-state index contributed by atoms with van der Waals surface area (Å²) in [6.45, 7) is 10.7. The van der Waals surface area contributed by atoms with Gasteiger partial charge in [-0.05, 0) is 82.7 Å². The maximum absolute atomic E-state index is 13.4. The van der Waals surface area contributed by atoms with E-state index in [-0.39, 0.29) is 24.0 Å². The number of piperidine rings is 1. The number of nitrogens with zero attached hydrogens (tertiary/aromatic N) is 2. The van der Waals surface area contributed by atoms with Gasteiger partial charge in [-0.1, -0.05) is 19.1 Å². The monoisotopic (exact) mass is 534 g/mol. The Balaban J connectivity index is 1.80. The quantitative estimate of drug-likeness (QED) is 0.480. The van der Waals surface area contributed by atoms with Crippen molar-refractivity contribution in [2.45, 2.75) is 71.7 Å². The first-order chi connectivity index (χ1) is 17.5. The van der Waals surface area contributed by atoms with Crippen LogP contribution in [0.5, 0.6) is 0 Å². The minimum Gasteiger partial charge on any atom is -0.444 e. The average molecular weight is 535 g/mol. The van der Waals surface area contributed by atoms with Gasteiger partial charge in [0.05, 0.1) is 23.0 Å². The number of ether oxygens (including phenoxy) is 1. The van der Waals surface area contributed by atoms with Crippen molar-refractivity contribution in [3.8, 4) is 0 Å². The molecule has 3 amide bonds. The molecule has 38 heavy (non-hydrogen) atoms. The summed E-state index contributed by atoms with van der Waals surface area (Å²) < 4.78 is 45.3. The zero-order valence-electron chi connectivity index (χ0n) is 22.3. The molecule has 0 unspecified atom stereocenters. The van der Waals surface area contributed by atoms with Gasteiger partial charge in [-0.15, -0.1) is 0 Å². The molecule has 8 nitrogen and oxygen atoms in total. The van der Waals surface area contributed by atoms with Gasteiger partial charge < -0.3 is 15.0 Å². The van der Waals surface area contributed by atoms with Gasteiger partial charge in [-0.2, -0.15) is 13.2 Å². The molecule has 1 aromatic heterocycles. The van der Waals surface area contributed by atoms with Crippen LogP contribution in [0.25, 0.3) is 0 Å². The second-order valence-electron chi connectivity index (χ2n) is 10.9. The predicted molar refractivity (Wildman–Crippen MR) is 136 cm³/mol. The summed E-state index contributed by atoms with van der Waals surface area (Å²) in [5.41, 5.74) is -1.55. The zero-order valence-corrected chi connectivity index (χ0v) is 22.3. The number of likely N-dealkylation sites (tertiary alicyclic amines) is 1. The number of pyridine rings is 1. The first-order valence-electron chi connectivity index (χ1n) is 12.3. The van der Waals surface area contributed by atoms with Crippen molar-refractivity contribution < 1.29 is 32.3 Å². The largest absolute Gasteiger partial charge is 0.444 e. The number of aromatic nitrogens is 1. The fourth-order valence-corrected chi connectivity index (χ4v) is 4.39. The van der Waals surface area contributed by atoms with Crippen LogP contribution >= 0.6 is 0 Å². The van der Waals surface area contributed by atoms with Crippen LogP contribution in [0, 0.1) is 12.8 Å². The summed E-state index contributed by atoms with van der Waals surface area (Å²) in [6, 6.07) is 6.42. The lowest BCUT2D eigenvalue weighted by Gasteiger charge is -2.47. The molecule has 3 rings (SSSR count). The van der Waals surface area contributed by atoms with E-state index in [2.05, 4.69) is 15.6 Å². The molecule has 2 heterocycles. The van der Waals surface area contributed by atoms with Crippen LogP contribution < -0.4 is 10.6 Å². The van der Waals surface area contributed by atoms with Gasteiger partial charge in [0.25, 0.3) is 0 Å². The van der Waals surface area contributed by atoms with Crippen LogP contribution in [0.3, 0.4) is 0 Å². The third kappa shape index (κ3) is 6.81. The van der Waals surface area contributed by atoms with Crippen LogP contribution in [0.1, 0.15) is 64.2 Å². The smallest absolute Gasteiger partial charge is 0.416 e. The summed E-state index contributed by atoms with van der Waals surface area (Å²) >= 11 is 0. The molecule has 1 aromatic carbocycles. The Kier molecular flexibility index (Phi) is 8.09. The number of halogens is 3. The van der Waals surface area contributed by atoms with E-state index < -0.39 is 40.8 Å². The topological polar surface area (TPSA) is 101 Å². The number of alkyl halides is 3. The molecule has 0 bridgehead atoms. The van der Waals surface area contributed by atoms with Gasteiger partial charge in [-0.25, -0.2) is 9.78 Å². The normalized spacial score (nSPS) is 20.0. The van der Waals surface area contributed by atoms with Gasteiger partial charge >= 0.3 is 24.1 Å². The number of benzene rings is 1. The Bertz CT molecular complexity index is 1230. The van der Waals surface area contributed by atoms with Crippen molar-refractivity contribution in [2.24, 2.45) is 5.92 Å². The third-order valence-electron chi connectivity index (χ3n) is 6.42. The summed E-state index contributed by atoms with van der Waals surface area (Å²) in [5, 5.41) is 5.05. The number of rotatable bonds is 3. The first kappa shape index (κ1) is 28.9. The number of anilines is 2. The molecule has 0 aliphatic carbocycles. The fraction of sp³-hybridized carbons (Fsp3) is 0.481. The molecule has 1 saturated heterocycles. The fourth-order valence-electron chi connectivity index (χ4n) is 4.39. The number of nitrogens with one attached hydrogen (secondary N) is 2. The van der Waals surface area contributed by atoms with E-state index in [1.54, 1.807) is 40.7 Å². The molecule has 2 aromatic rings. The van der Waals surface area contributed by atoms with E-state index in [1.165, 1.54) is 23.2 Å². The molecule has 0 spiro atoms. The van der Waals surface area contributed by atoms with Crippen LogP contribution in [0.4, 0.5) is 29.5 Å². The Morgan fingerprint density at radius 3 is 2.42 bits per heavy atom. The molecule has 11 heteroatoms. The number of amides is 3. The lowest BCUT2D eigenvalue weighted by atomic mass is 9.78. The van der Waals surface area contributed by atoms with Gasteiger partial charge in [0.2, 0.25) is 0 Å². The SMILES string of the molecule is Cc1cc(NC(=O)C(=O)N2C[C@@H](C)CC[C@@]2(C)c2cccc(C(F)(F)F)c2)cnc1NC(=O)OC(C)(C)C. The Morgan fingerprint density at radius 1 is 1.13 bits per heavy atom. The van der Waals surface area contributed by atoms with Gasteiger partial charge in [0.1, 0.15) is 11.4 Å². The van der Waals surface area contributed by atoms with Crippen molar-refractivity contribution in [3.63, 3.8) is 0 Å². The van der Waals surface area contributed by atoms with Gasteiger partial charge in [-0.3, -0.25) is 14.9 Å². The summed E-state index contributed by atoms with van der Waals surface area (Å²) in [5.74, 6) is -1.50. The van der Waals surface area contributed by atoms with E-state index in [1.807, 2.05) is 6.92 Å². The molecular weight excluding hydrogens is 501 g/mol. The molecule has 0 saturated carbocycles. The summed E-state index contributed by atoms with van der Waals surface area (Å²) in [6.07, 6.45) is -2.84. The highest BCUT2D eigenvalue weighted by molar-refractivity contribution is 6.39. The van der Waals surface area contributed by atoms with E-state index in [4.69, 9.17) is 4.74 Å². The van der Waals surface area contributed by atoms with Crippen LogP contribution in [-0.2, 0) is 26.0 Å². The molecule has 2 N–H and O–H groups in total. The number of aryl methyl sites for hydroxylation is 1. The zero-order chi connectivity index (χ0) is 28.5. The highest BCUT2D eigenvalue weighted by Crippen LogP contribution is 2.41. The first-order valence-corrected chi connectivity index (χ1v) is 12.3. The molecule has 1 aliphatic heterocycles. The minimum absolute atomic E-state index is 0.0627. The summed E-state index contributed by atoms with van der Waals surface area (Å²) in [7, 11) is 0. The van der Waals surface area contributed by atoms with Crippen molar-refractivity contribution in [1.82, 2.24) is 9.88 Å². The second-order valence-corrected chi connectivity index (χ2v) is 10.9. The molecular formula is C27H33F3N4O4. The van der Waals surface area contributed by atoms with Crippen LogP contribution in [0.2, 0.25) is 0 Å². The highest BCUT2D eigenvalue weighted by Gasteiger charge is 2.44. The lowest BCUT2D eigenvalue weighted by molar-refractivity contribution is -0.150. The minimum atomic E-state index is -4.53. The number of carbonyl (C=O) groups is 3. The standard InChI is InChI=1S/C27H33F3N4O4/c1-16-10-11-26(6,18-8-7-9-19(13-18)27(28,29)30)34(15-16)23(36)22(35)32-20-12-17(2)21(31-14-20)33-24(37)38-25(3,4)5/h7-9,12-14,16H,10-11,15H2,1-6H3,(H,32,35)(H,31,33,37)/t16-,26-/m0/s1. The van der Waals surface area contributed by atoms with E-state index in [0.29, 0.717) is 24.0 Å². The van der Waals surface area contributed by atoms with Gasteiger partial charge in [0.15, 0.2) is 0 Å². The molecule has 0 radical (unpaired) electrons. The lowest BCUT2D eigenvalue weighted by Crippen LogP contribution is -2.55. The summed E-state index contributed by atoms with van der Waals surface area (Å²) in [4.78, 5) is 43.9. The molecule has 1 fully saturated rings. The number of hydrogen-bond acceptors (Lipinski definition) is 5. The second kappa shape index (κ2) is 10.6. The highest BCUT2D eigenvalue weighted by atomic mass is 19.4. The van der Waals surface area contributed by atoms with Gasteiger partial charge in [0, 0.05) is 6.54 Å². The maximum atomic E-state index is 13.4. The van der Waals surface area contributed by atoms with Crippen LogP contribution in [0.15, 0.2) is 36.5 Å². The van der Waals surface area contributed by atoms with E-state index in [9.17, 15) is 27.6 Å². The van der Waals surface area contributed by atoms with E-state index >= 15 is 0 Å². The Labute approximate surface area is 219 Å². The maximum Gasteiger partial charge on any atom is 0.416 e. The number of hydrogen-bond donors (Lipinski definition) is 2. The molecule has 2 atom stereocenters. The van der Waals surface area contributed by atoms with Crippen molar-refractivity contribution in [1.29, 1.82) is 0 Å². The Hall–Kier alpha value is -3.63. The van der Waals surface area contributed by atoms with Crippen molar-refractivity contribution >= 4 is 29.4 Å². The van der Waals surface area contributed by atoms with Crippen LogP contribution in [-0.4, -0.2) is 39.9 Å². The third-order valence-corrected chi connectivity index (χ3v) is 6.42. The Morgan fingerprint density at radius 2 is 1.82 bits per heavy atom. The molecule has 206 valence electrons. The number of carbonyl (C=O) groups excluding carboxylic acids is 3.